The zero-order chi connectivity index (χ0) is 30.8. The summed E-state index contributed by atoms with van der Waals surface area (Å²) in [6.07, 6.45) is 27.5. The number of phosphoric acid groups is 1. The van der Waals surface area contributed by atoms with Gasteiger partial charge in [-0.25, -0.2) is 4.57 Å². The molecule has 3 unspecified atom stereocenters. The first kappa shape index (κ1) is 39.7. The summed E-state index contributed by atoms with van der Waals surface area (Å²) >= 11 is 0. The Hall–Kier alpha value is -1.28. The molecule has 1 amide bonds. The minimum Gasteiger partial charge on any atom is -0.387 e. The smallest absolute Gasteiger partial charge is 0.387 e. The first-order chi connectivity index (χ1) is 19.5. The van der Waals surface area contributed by atoms with Gasteiger partial charge in [0.05, 0.1) is 39.9 Å². The minimum absolute atomic E-state index is 0.0519. The van der Waals surface area contributed by atoms with Crippen molar-refractivity contribution >= 4 is 13.7 Å². The zero-order valence-electron chi connectivity index (χ0n) is 26.8. The van der Waals surface area contributed by atoms with Crippen LogP contribution in [0.5, 0.6) is 0 Å². The zero-order valence-corrected chi connectivity index (χ0v) is 27.7. The molecule has 0 saturated heterocycles. The van der Waals surface area contributed by atoms with E-state index in [0.717, 1.165) is 38.5 Å². The number of unbranched alkanes of at least 4 members (excludes halogenated alkanes) is 10. The van der Waals surface area contributed by atoms with Gasteiger partial charge in [0.1, 0.15) is 13.2 Å². The number of likely N-dealkylation sites (N-methyl/N-ethyl adjacent to an activating group) is 1. The van der Waals surface area contributed by atoms with Crippen molar-refractivity contribution in [2.75, 3.05) is 40.9 Å². The van der Waals surface area contributed by atoms with Crippen LogP contribution in [0.3, 0.4) is 0 Å². The lowest BCUT2D eigenvalue weighted by Crippen LogP contribution is -2.45. The van der Waals surface area contributed by atoms with E-state index in [4.69, 9.17) is 9.05 Å². The predicted octanol–water partition coefficient (Wildman–Crippen LogP) is 7.23. The third-order valence-corrected chi connectivity index (χ3v) is 7.57. The summed E-state index contributed by atoms with van der Waals surface area (Å²) in [4.78, 5) is 22.3. The highest BCUT2D eigenvalue weighted by Crippen LogP contribution is 2.43. The standard InChI is InChI=1S/C32H61N2O6P/c1-6-8-10-11-12-13-14-15-16-17-18-19-20-21-22-23-24-25-31(35)30(33-32(36)26-9-7-2)29-40-41(37,38)39-28-27-34(3,4)5/h16-17,20-21,24-25,30-31,35H,6-15,18-19,22-23,26-29H2,1-5H3,(H-,33,36,37,38)/p+1/b17-16+,21-20+,25-24+. The summed E-state index contributed by atoms with van der Waals surface area (Å²) in [5.74, 6) is -0.231. The Kier molecular flexibility index (Phi) is 24.5. The second-order valence-electron chi connectivity index (χ2n) is 11.8. The fraction of sp³-hybridized carbons (Fsp3) is 0.781. The van der Waals surface area contributed by atoms with Crippen molar-refractivity contribution in [3.63, 3.8) is 0 Å². The maximum absolute atomic E-state index is 12.3. The van der Waals surface area contributed by atoms with Crippen molar-refractivity contribution in [1.29, 1.82) is 0 Å². The first-order valence-electron chi connectivity index (χ1n) is 15.9. The van der Waals surface area contributed by atoms with Crippen LogP contribution in [-0.2, 0) is 18.4 Å². The van der Waals surface area contributed by atoms with E-state index in [9.17, 15) is 19.4 Å². The lowest BCUT2D eigenvalue weighted by Gasteiger charge is -2.25. The maximum Gasteiger partial charge on any atom is 0.472 e. The van der Waals surface area contributed by atoms with Crippen LogP contribution < -0.4 is 5.32 Å². The van der Waals surface area contributed by atoms with Crippen molar-refractivity contribution < 1.29 is 32.9 Å². The summed E-state index contributed by atoms with van der Waals surface area (Å²) in [5, 5.41) is 13.4. The van der Waals surface area contributed by atoms with Gasteiger partial charge < -0.3 is 19.8 Å². The van der Waals surface area contributed by atoms with E-state index < -0.39 is 20.0 Å². The summed E-state index contributed by atoms with van der Waals surface area (Å²) in [7, 11) is 1.53. The highest BCUT2D eigenvalue weighted by atomic mass is 31.2. The third-order valence-electron chi connectivity index (χ3n) is 6.59. The molecule has 0 heterocycles. The third kappa shape index (κ3) is 27.3. The number of carbonyl (C=O) groups is 1. The molecule has 0 aliphatic carbocycles. The highest BCUT2D eigenvalue weighted by Gasteiger charge is 2.27. The molecular weight excluding hydrogens is 539 g/mol. The van der Waals surface area contributed by atoms with Crippen molar-refractivity contribution in [1.82, 2.24) is 5.32 Å². The number of phosphoric ester groups is 1. The summed E-state index contributed by atoms with van der Waals surface area (Å²) in [6, 6.07) is -0.860. The van der Waals surface area contributed by atoms with Crippen LogP contribution >= 0.6 is 7.82 Å². The van der Waals surface area contributed by atoms with Crippen molar-refractivity contribution in [3.05, 3.63) is 36.5 Å². The fourth-order valence-electron chi connectivity index (χ4n) is 3.93. The van der Waals surface area contributed by atoms with Crippen LogP contribution in [0.15, 0.2) is 36.5 Å². The number of nitrogens with zero attached hydrogens (tertiary/aromatic N) is 1. The molecule has 3 N–H and O–H groups in total. The Labute approximate surface area is 251 Å². The van der Waals surface area contributed by atoms with Crippen LogP contribution in [0.2, 0.25) is 0 Å². The number of aliphatic hydroxyl groups is 1. The van der Waals surface area contributed by atoms with Gasteiger partial charge >= 0.3 is 7.82 Å². The summed E-state index contributed by atoms with van der Waals surface area (Å²) < 4.78 is 23.0. The van der Waals surface area contributed by atoms with Crippen molar-refractivity contribution in [2.45, 2.75) is 122 Å². The fourth-order valence-corrected chi connectivity index (χ4v) is 4.66. The number of rotatable bonds is 27. The molecule has 0 aromatic rings. The summed E-state index contributed by atoms with van der Waals surface area (Å²) in [6.45, 7) is 4.48. The quantitative estimate of drug-likeness (QED) is 0.0397. The molecule has 9 heteroatoms. The van der Waals surface area contributed by atoms with E-state index >= 15 is 0 Å². The molecular formula is C32H62N2O6P+. The van der Waals surface area contributed by atoms with Gasteiger partial charge in [0.2, 0.25) is 5.91 Å². The van der Waals surface area contributed by atoms with E-state index in [1.54, 1.807) is 6.08 Å². The lowest BCUT2D eigenvalue weighted by atomic mass is 10.1. The van der Waals surface area contributed by atoms with Gasteiger partial charge in [-0.2, -0.15) is 0 Å². The minimum atomic E-state index is -4.31. The highest BCUT2D eigenvalue weighted by molar-refractivity contribution is 7.47. The Bertz CT molecular complexity index is 779. The molecule has 0 fully saturated rings. The number of aliphatic hydroxyl groups excluding tert-OH is 1. The van der Waals surface area contributed by atoms with Gasteiger partial charge in [-0.3, -0.25) is 13.8 Å². The molecule has 41 heavy (non-hydrogen) atoms. The predicted molar refractivity (Wildman–Crippen MR) is 171 cm³/mol. The molecule has 0 spiro atoms. The van der Waals surface area contributed by atoms with Crippen LogP contribution in [-0.4, -0.2) is 73.4 Å². The van der Waals surface area contributed by atoms with E-state index in [1.165, 1.54) is 51.4 Å². The van der Waals surface area contributed by atoms with Gasteiger partial charge in [-0.05, 0) is 44.9 Å². The molecule has 0 aromatic carbocycles. The number of amides is 1. The van der Waals surface area contributed by atoms with Gasteiger partial charge in [0.25, 0.3) is 0 Å². The lowest BCUT2D eigenvalue weighted by molar-refractivity contribution is -0.870. The van der Waals surface area contributed by atoms with E-state index in [2.05, 4.69) is 36.5 Å². The number of carbonyl (C=O) groups excluding carboxylic acids is 1. The molecule has 0 radical (unpaired) electrons. The SMILES string of the molecule is CCCCCCCCC/C=C/CC/C=C/CC/C=C/C(O)C(COP(=O)(O)OCC[N+](C)(C)C)NC(=O)CCCC. The first-order valence-corrected chi connectivity index (χ1v) is 17.4. The molecule has 0 rings (SSSR count). The van der Waals surface area contributed by atoms with E-state index in [1.807, 2.05) is 34.1 Å². The molecule has 240 valence electrons. The van der Waals surface area contributed by atoms with Gasteiger partial charge in [0.15, 0.2) is 0 Å². The average Bonchev–Trinajstić information content (AvgIpc) is 2.90. The molecule has 0 saturated carbocycles. The number of quaternary nitrogens is 1. The Morgan fingerprint density at radius 3 is 1.93 bits per heavy atom. The second kappa shape index (κ2) is 25.2. The largest absolute Gasteiger partial charge is 0.472 e. The number of allylic oxidation sites excluding steroid dienone is 5. The Balaban J connectivity index is 4.41. The normalized spacial score (nSPS) is 15.6. The van der Waals surface area contributed by atoms with Crippen LogP contribution in [0.25, 0.3) is 0 Å². The van der Waals surface area contributed by atoms with Crippen molar-refractivity contribution in [2.24, 2.45) is 0 Å². The molecule has 0 bridgehead atoms. The number of hydrogen-bond donors (Lipinski definition) is 3. The molecule has 8 nitrogen and oxygen atoms in total. The van der Waals surface area contributed by atoms with Crippen LogP contribution in [0.1, 0.15) is 110 Å². The van der Waals surface area contributed by atoms with Crippen LogP contribution in [0, 0.1) is 0 Å². The van der Waals surface area contributed by atoms with Crippen LogP contribution in [0.4, 0.5) is 0 Å². The average molecular weight is 602 g/mol. The Morgan fingerprint density at radius 2 is 1.34 bits per heavy atom. The van der Waals surface area contributed by atoms with Gasteiger partial charge in [-0.15, -0.1) is 0 Å². The maximum atomic E-state index is 12.3. The van der Waals surface area contributed by atoms with Crippen molar-refractivity contribution in [3.8, 4) is 0 Å². The van der Waals surface area contributed by atoms with E-state index in [0.29, 0.717) is 17.4 Å². The second-order valence-corrected chi connectivity index (χ2v) is 13.3. The molecule has 3 atom stereocenters. The molecule has 0 aliphatic heterocycles. The van der Waals surface area contributed by atoms with E-state index in [-0.39, 0.29) is 19.1 Å². The number of hydrogen-bond acceptors (Lipinski definition) is 5. The number of nitrogens with one attached hydrogen (secondary N) is 1. The van der Waals surface area contributed by atoms with Gasteiger partial charge in [0, 0.05) is 6.42 Å². The Morgan fingerprint density at radius 1 is 0.805 bits per heavy atom. The molecule has 0 aliphatic rings. The molecule has 0 aromatic heterocycles. The summed E-state index contributed by atoms with van der Waals surface area (Å²) in [5.41, 5.74) is 0. The van der Waals surface area contributed by atoms with Gasteiger partial charge in [-0.1, -0.05) is 95.2 Å². The monoisotopic (exact) mass is 601 g/mol. The topological polar surface area (TPSA) is 105 Å².